The first-order valence-electron chi connectivity index (χ1n) is 23.2. The number of fused-ring (bicyclic) bond motifs is 2. The molecule has 0 radical (unpaired) electrons. The highest BCUT2D eigenvalue weighted by Crippen LogP contribution is 2.36. The van der Waals surface area contributed by atoms with Crippen LogP contribution in [0.15, 0.2) is 30.3 Å². The molecular formula is C49H64F4N6O6. The minimum Gasteiger partial charge on any atom is -0.344 e. The first kappa shape index (κ1) is 47.9. The number of rotatable bonds is 10. The lowest BCUT2D eigenvalue weighted by atomic mass is 9.94. The van der Waals surface area contributed by atoms with Crippen LogP contribution in [-0.2, 0) is 67.8 Å². The predicted molar refractivity (Wildman–Crippen MR) is 234 cm³/mol. The van der Waals surface area contributed by atoms with Gasteiger partial charge in [0.15, 0.2) is 0 Å². The third-order valence-corrected chi connectivity index (χ3v) is 13.8. The average Bonchev–Trinajstić information content (AvgIpc) is 4.06. The summed E-state index contributed by atoms with van der Waals surface area (Å²) < 4.78 is 54.7. The lowest BCUT2D eigenvalue weighted by Gasteiger charge is -2.24. The molecule has 65 heavy (non-hydrogen) atoms. The number of carbonyl (C=O) groups is 6. The Morgan fingerprint density at radius 1 is 0.662 bits per heavy atom. The molecular weight excluding hydrogens is 845 g/mol. The third-order valence-electron chi connectivity index (χ3n) is 13.8. The van der Waals surface area contributed by atoms with Crippen molar-refractivity contribution in [2.24, 2.45) is 23.7 Å². The molecule has 6 atom stereocenters. The van der Waals surface area contributed by atoms with Gasteiger partial charge < -0.3 is 30.2 Å². The Morgan fingerprint density at radius 3 is 1.55 bits per heavy atom. The highest BCUT2D eigenvalue weighted by atomic mass is 19.3. The number of hydrogen-bond donors (Lipinski definition) is 2. The van der Waals surface area contributed by atoms with Gasteiger partial charge in [-0.25, -0.2) is 17.6 Å². The summed E-state index contributed by atoms with van der Waals surface area (Å²) in [6.45, 7) is 14.8. The average molecular weight is 909 g/mol. The van der Waals surface area contributed by atoms with Crippen LogP contribution in [0.25, 0.3) is 0 Å². The first-order valence-corrected chi connectivity index (χ1v) is 23.2. The Morgan fingerprint density at radius 2 is 1.11 bits per heavy atom. The van der Waals surface area contributed by atoms with E-state index in [1.165, 1.54) is 27.8 Å². The Kier molecular flexibility index (Phi) is 13.8. The quantitative estimate of drug-likeness (QED) is 0.278. The van der Waals surface area contributed by atoms with Crippen molar-refractivity contribution < 1.29 is 46.3 Å². The van der Waals surface area contributed by atoms with E-state index in [9.17, 15) is 46.3 Å². The fourth-order valence-corrected chi connectivity index (χ4v) is 10.7. The summed E-state index contributed by atoms with van der Waals surface area (Å²) in [7, 11) is 0. The van der Waals surface area contributed by atoms with Gasteiger partial charge in [-0.3, -0.25) is 28.8 Å². The van der Waals surface area contributed by atoms with Crippen molar-refractivity contribution in [3.63, 3.8) is 0 Å². The maximum atomic E-state index is 13.7. The topological polar surface area (TPSA) is 139 Å². The molecule has 0 bridgehead atoms. The van der Waals surface area contributed by atoms with Gasteiger partial charge in [-0.2, -0.15) is 0 Å². The van der Waals surface area contributed by atoms with Gasteiger partial charge in [0.05, 0.1) is 13.1 Å². The van der Waals surface area contributed by atoms with E-state index in [1.54, 1.807) is 23.6 Å². The molecule has 0 saturated carbocycles. The van der Waals surface area contributed by atoms with E-state index in [1.807, 2.05) is 12.1 Å². The van der Waals surface area contributed by atoms with Crippen LogP contribution in [0.5, 0.6) is 0 Å². The van der Waals surface area contributed by atoms with Crippen molar-refractivity contribution >= 4 is 35.4 Å². The van der Waals surface area contributed by atoms with Gasteiger partial charge in [-0.15, -0.1) is 0 Å². The van der Waals surface area contributed by atoms with Crippen LogP contribution >= 0.6 is 0 Å². The number of nitrogens with one attached hydrogen (secondary N) is 2. The van der Waals surface area contributed by atoms with Crippen LogP contribution in [0.2, 0.25) is 0 Å². The van der Waals surface area contributed by atoms with Gasteiger partial charge in [-0.1, -0.05) is 63.6 Å². The summed E-state index contributed by atoms with van der Waals surface area (Å²) in [5, 5.41) is 5.26. The second-order valence-electron chi connectivity index (χ2n) is 20.5. The van der Waals surface area contributed by atoms with Crippen molar-refractivity contribution in [2.45, 2.75) is 162 Å². The molecule has 6 aliphatic heterocycles. The molecule has 0 unspecified atom stereocenters. The fraction of sp³-hybridized carbons (Fsp3) is 0.633. The fourth-order valence-electron chi connectivity index (χ4n) is 10.7. The van der Waals surface area contributed by atoms with Crippen molar-refractivity contribution in [2.75, 3.05) is 13.1 Å². The summed E-state index contributed by atoms with van der Waals surface area (Å²) in [6, 6.07) is 7.65. The smallest absolute Gasteiger partial charge is 0.267 e. The van der Waals surface area contributed by atoms with Crippen LogP contribution in [0, 0.1) is 30.6 Å². The van der Waals surface area contributed by atoms with Gasteiger partial charge in [0, 0.05) is 75.8 Å². The molecule has 6 aliphatic rings. The number of carbonyl (C=O) groups excluding carboxylic acids is 6. The third kappa shape index (κ3) is 10.8. The van der Waals surface area contributed by atoms with Crippen LogP contribution < -0.4 is 10.6 Å². The molecule has 0 aliphatic carbocycles. The zero-order chi connectivity index (χ0) is 47.3. The number of benzene rings is 2. The number of hydrogen-bond acceptors (Lipinski definition) is 6. The summed E-state index contributed by atoms with van der Waals surface area (Å²) >= 11 is 0. The van der Waals surface area contributed by atoms with Gasteiger partial charge in [0.2, 0.25) is 35.4 Å². The first-order chi connectivity index (χ1) is 30.5. The lowest BCUT2D eigenvalue weighted by molar-refractivity contribution is -0.136. The van der Waals surface area contributed by atoms with Crippen molar-refractivity contribution in [3.05, 3.63) is 69.3 Å². The van der Waals surface area contributed by atoms with E-state index in [0.717, 1.165) is 33.8 Å². The summed E-state index contributed by atoms with van der Waals surface area (Å²) in [5.74, 6) is -7.91. The van der Waals surface area contributed by atoms with Crippen LogP contribution in [-0.4, -0.2) is 104 Å². The number of nitrogens with zero attached hydrogens (tertiary/aromatic N) is 4. The molecule has 6 heterocycles. The molecule has 16 heteroatoms. The minimum absolute atomic E-state index is 0.0216. The van der Waals surface area contributed by atoms with Crippen molar-refractivity contribution in [1.82, 2.24) is 30.2 Å². The summed E-state index contributed by atoms with van der Waals surface area (Å²) in [4.78, 5) is 82.3. The standard InChI is InChI=1S/C25H33F2N3O3.C24H31F2N3O3/c1-14(2)5-17-6-15(3)7-19-11-29(12-20(17)19)22(31)9-18-8-21(28-23(18)32)24(33)30-13-25(26,27)10-16(30)4;1-14(2)7-16-5-4-6-17-11-28(12-19(16)17)21(30)9-18-8-20(27-22(18)31)23(32)29-13-24(25,26)10-15(29)3/h6-7,14,16,18,21H,5,8-13H2,1-4H3,(H,28,32);4-6,14-15,18,20H,7-13H2,1-3H3,(H,27,31)/t16-,18+,21+;15-,18+,20+/m11/s1. The number of halogens is 4. The van der Waals surface area contributed by atoms with E-state index in [0.29, 0.717) is 38.0 Å². The van der Waals surface area contributed by atoms with Gasteiger partial charge >= 0.3 is 0 Å². The van der Waals surface area contributed by atoms with E-state index < -0.39 is 72.8 Å². The van der Waals surface area contributed by atoms with Gasteiger partial charge in [0.25, 0.3) is 11.8 Å². The molecule has 6 amide bonds. The van der Waals surface area contributed by atoms with Crippen LogP contribution in [0.3, 0.4) is 0 Å². The second kappa shape index (κ2) is 18.7. The Labute approximate surface area is 379 Å². The molecule has 354 valence electrons. The molecule has 12 nitrogen and oxygen atoms in total. The molecule has 2 aromatic rings. The van der Waals surface area contributed by atoms with Gasteiger partial charge in [-0.05, 0) is 91.7 Å². The zero-order valence-electron chi connectivity index (χ0n) is 38.7. The zero-order valence-corrected chi connectivity index (χ0v) is 38.7. The minimum atomic E-state index is -2.90. The molecule has 2 aromatic carbocycles. The normalized spacial score (nSPS) is 26.4. The van der Waals surface area contributed by atoms with Crippen molar-refractivity contribution in [1.29, 1.82) is 0 Å². The van der Waals surface area contributed by atoms with E-state index in [-0.39, 0.29) is 62.2 Å². The Bertz CT molecular complexity index is 2220. The number of amides is 6. The Balaban J connectivity index is 0.000000194. The molecule has 4 saturated heterocycles. The number of aryl methyl sites for hydroxylation is 1. The van der Waals surface area contributed by atoms with Gasteiger partial charge in [0.1, 0.15) is 12.1 Å². The van der Waals surface area contributed by atoms with E-state index in [4.69, 9.17) is 0 Å². The maximum Gasteiger partial charge on any atom is 0.267 e. The molecule has 8 rings (SSSR count). The largest absolute Gasteiger partial charge is 0.344 e. The molecule has 0 aromatic heterocycles. The van der Waals surface area contributed by atoms with E-state index >= 15 is 0 Å². The summed E-state index contributed by atoms with van der Waals surface area (Å²) in [6.07, 6.45) is 1.55. The van der Waals surface area contributed by atoms with Crippen LogP contribution in [0.1, 0.15) is 119 Å². The highest BCUT2D eigenvalue weighted by molar-refractivity contribution is 5.95. The van der Waals surface area contributed by atoms with E-state index in [2.05, 4.69) is 63.5 Å². The maximum absolute atomic E-state index is 13.7. The van der Waals surface area contributed by atoms with Crippen LogP contribution in [0.4, 0.5) is 17.6 Å². The van der Waals surface area contributed by atoms with Crippen molar-refractivity contribution in [3.8, 4) is 0 Å². The Hall–Kier alpha value is -5.02. The highest BCUT2D eigenvalue weighted by Gasteiger charge is 2.50. The lowest BCUT2D eigenvalue weighted by Crippen LogP contribution is -2.46. The molecule has 0 spiro atoms. The molecule has 2 N–H and O–H groups in total. The number of alkyl halides is 4. The predicted octanol–water partition coefficient (Wildman–Crippen LogP) is 6.06. The summed E-state index contributed by atoms with van der Waals surface area (Å²) in [5.41, 5.74) is 8.41. The SMILES string of the molecule is CC(C)Cc1cccc2c1CN(C(=O)C[C@@H]1C[C@@H](C(=O)N3CC(F)(F)C[C@H]3C)NC1=O)C2.Cc1cc(CC(C)C)c2c(c1)CN(C(=O)C[C@@H]1C[C@@H](C(=O)N3CC(F)(F)C[C@H]3C)NC1=O)C2. The molecule has 4 fully saturated rings. The number of likely N-dealkylation sites (tertiary alicyclic amines) is 2. The second-order valence-corrected chi connectivity index (χ2v) is 20.5. The monoisotopic (exact) mass is 908 g/mol.